The van der Waals surface area contributed by atoms with Crippen LogP contribution in [0.3, 0.4) is 0 Å². The van der Waals surface area contributed by atoms with Crippen LogP contribution < -0.4 is 4.72 Å². The Morgan fingerprint density at radius 2 is 2.06 bits per heavy atom. The summed E-state index contributed by atoms with van der Waals surface area (Å²) in [7, 11) is -0.517. The molecule has 0 amide bonds. The molecule has 0 aliphatic rings. The Hall–Kier alpha value is -1.60. The molecule has 2 rings (SSSR count). The monoisotopic (exact) mass is 254 g/mol. The van der Waals surface area contributed by atoms with Crippen LogP contribution in [0.5, 0.6) is 0 Å². The summed E-state index contributed by atoms with van der Waals surface area (Å²) in [5.74, 6) is 0.799. The van der Waals surface area contributed by atoms with Crippen LogP contribution in [0.25, 0.3) is 11.0 Å². The Labute approximate surface area is 99.8 Å². The first-order chi connectivity index (χ1) is 7.88. The molecular formula is C10H14N4O2S. The second kappa shape index (κ2) is 4.01. The van der Waals surface area contributed by atoms with Crippen molar-refractivity contribution in [2.45, 2.75) is 6.92 Å². The highest BCUT2D eigenvalue weighted by Gasteiger charge is 2.13. The predicted molar refractivity (Wildman–Crippen MR) is 67.1 cm³/mol. The molecule has 1 aromatic heterocycles. The van der Waals surface area contributed by atoms with E-state index in [0.717, 1.165) is 21.2 Å². The largest absolute Gasteiger partial charge is 0.342 e. The van der Waals surface area contributed by atoms with Crippen molar-refractivity contribution in [3.05, 3.63) is 24.0 Å². The number of benzene rings is 1. The molecule has 2 N–H and O–H groups in total. The van der Waals surface area contributed by atoms with Gasteiger partial charge in [0.15, 0.2) is 0 Å². The van der Waals surface area contributed by atoms with E-state index in [1.54, 1.807) is 18.2 Å². The number of nitrogens with zero attached hydrogens (tertiary/aromatic N) is 2. The van der Waals surface area contributed by atoms with Crippen LogP contribution in [0.2, 0.25) is 0 Å². The smallest absolute Gasteiger partial charge is 0.301 e. The fourth-order valence-corrected chi connectivity index (χ4v) is 2.05. The summed E-state index contributed by atoms with van der Waals surface area (Å²) < 4.78 is 26.8. The van der Waals surface area contributed by atoms with Gasteiger partial charge in [-0.3, -0.25) is 4.72 Å². The van der Waals surface area contributed by atoms with Crippen LogP contribution in [0.15, 0.2) is 18.2 Å². The maximum absolute atomic E-state index is 11.6. The third-order valence-corrected chi connectivity index (χ3v) is 3.78. The third-order valence-electron chi connectivity index (χ3n) is 2.33. The standard InChI is InChI=1S/C10H14N4O2S/c1-7-11-9-5-4-8(6-10(9)12-7)13-17(15,16)14(2)3/h4-6,13H,1-3H3,(H,11,12). The fraction of sp³-hybridized carbons (Fsp3) is 0.300. The van der Waals surface area contributed by atoms with Gasteiger partial charge < -0.3 is 4.98 Å². The van der Waals surface area contributed by atoms with Crippen molar-refractivity contribution >= 4 is 26.9 Å². The molecule has 0 spiro atoms. The zero-order valence-electron chi connectivity index (χ0n) is 9.85. The Morgan fingerprint density at radius 1 is 1.35 bits per heavy atom. The lowest BCUT2D eigenvalue weighted by atomic mass is 10.3. The number of aromatic nitrogens is 2. The Morgan fingerprint density at radius 3 is 2.71 bits per heavy atom. The second-order valence-corrected chi connectivity index (χ2v) is 5.83. The van der Waals surface area contributed by atoms with Gasteiger partial charge in [-0.05, 0) is 25.1 Å². The minimum atomic E-state index is -3.46. The lowest BCUT2D eigenvalue weighted by Crippen LogP contribution is -2.28. The van der Waals surface area contributed by atoms with Gasteiger partial charge in [0, 0.05) is 14.1 Å². The zero-order chi connectivity index (χ0) is 12.6. The number of imidazole rings is 1. The quantitative estimate of drug-likeness (QED) is 0.860. The van der Waals surface area contributed by atoms with Crippen LogP contribution in [-0.4, -0.2) is 36.8 Å². The normalized spacial score (nSPS) is 12.2. The lowest BCUT2D eigenvalue weighted by Gasteiger charge is -2.13. The molecular weight excluding hydrogens is 240 g/mol. The van der Waals surface area contributed by atoms with Gasteiger partial charge in [-0.1, -0.05) is 0 Å². The number of aromatic amines is 1. The molecule has 0 fully saturated rings. The highest BCUT2D eigenvalue weighted by molar-refractivity contribution is 7.90. The SMILES string of the molecule is Cc1nc2ccc(NS(=O)(=O)N(C)C)cc2[nH]1. The van der Waals surface area contributed by atoms with Crippen molar-refractivity contribution in [2.24, 2.45) is 0 Å². The molecule has 0 aliphatic heterocycles. The van der Waals surface area contributed by atoms with Crippen molar-refractivity contribution in [2.75, 3.05) is 18.8 Å². The lowest BCUT2D eigenvalue weighted by molar-refractivity contribution is 0.527. The number of hydrogen-bond acceptors (Lipinski definition) is 3. The molecule has 0 aliphatic carbocycles. The first-order valence-electron chi connectivity index (χ1n) is 5.05. The van der Waals surface area contributed by atoms with Crippen LogP contribution in [-0.2, 0) is 10.2 Å². The van der Waals surface area contributed by atoms with Gasteiger partial charge in [0.25, 0.3) is 0 Å². The van der Waals surface area contributed by atoms with Crippen molar-refractivity contribution in [1.82, 2.24) is 14.3 Å². The van der Waals surface area contributed by atoms with Crippen LogP contribution >= 0.6 is 0 Å². The fourth-order valence-electron chi connectivity index (χ4n) is 1.44. The molecule has 0 radical (unpaired) electrons. The molecule has 0 unspecified atom stereocenters. The van der Waals surface area contributed by atoms with Crippen molar-refractivity contribution in [1.29, 1.82) is 0 Å². The highest BCUT2D eigenvalue weighted by Crippen LogP contribution is 2.18. The molecule has 1 aromatic carbocycles. The number of aryl methyl sites for hydroxylation is 1. The van der Waals surface area contributed by atoms with E-state index in [-0.39, 0.29) is 0 Å². The summed E-state index contributed by atoms with van der Waals surface area (Å²) in [5.41, 5.74) is 2.13. The maximum Gasteiger partial charge on any atom is 0.301 e. The van der Waals surface area contributed by atoms with Gasteiger partial charge in [-0.15, -0.1) is 0 Å². The van der Waals surface area contributed by atoms with E-state index in [1.807, 2.05) is 6.92 Å². The third kappa shape index (κ3) is 2.40. The van der Waals surface area contributed by atoms with Crippen LogP contribution in [0.4, 0.5) is 5.69 Å². The van der Waals surface area contributed by atoms with E-state index in [4.69, 9.17) is 0 Å². The Balaban J connectivity index is 2.37. The molecule has 0 saturated heterocycles. The van der Waals surface area contributed by atoms with E-state index >= 15 is 0 Å². The maximum atomic E-state index is 11.6. The molecule has 17 heavy (non-hydrogen) atoms. The molecule has 92 valence electrons. The number of H-pyrrole nitrogens is 1. The first kappa shape index (κ1) is 11.9. The summed E-state index contributed by atoms with van der Waals surface area (Å²) in [5, 5.41) is 0. The number of fused-ring (bicyclic) bond motifs is 1. The Bertz CT molecular complexity index is 645. The minimum absolute atomic E-state index is 0.509. The van der Waals surface area contributed by atoms with Gasteiger partial charge >= 0.3 is 10.2 Å². The van der Waals surface area contributed by atoms with E-state index in [2.05, 4.69) is 14.7 Å². The van der Waals surface area contributed by atoms with Crippen molar-refractivity contribution in [3.8, 4) is 0 Å². The molecule has 6 nitrogen and oxygen atoms in total. The van der Waals surface area contributed by atoms with Crippen LogP contribution in [0, 0.1) is 6.92 Å². The average molecular weight is 254 g/mol. The van der Waals surface area contributed by atoms with Gasteiger partial charge in [0.05, 0.1) is 16.7 Å². The number of hydrogen-bond donors (Lipinski definition) is 2. The molecule has 2 aromatic rings. The van der Waals surface area contributed by atoms with Gasteiger partial charge in [0.1, 0.15) is 5.82 Å². The molecule has 7 heteroatoms. The number of nitrogens with one attached hydrogen (secondary N) is 2. The summed E-state index contributed by atoms with van der Waals surface area (Å²) >= 11 is 0. The van der Waals surface area contributed by atoms with E-state index in [9.17, 15) is 8.42 Å². The van der Waals surface area contributed by atoms with Gasteiger partial charge in [-0.2, -0.15) is 12.7 Å². The minimum Gasteiger partial charge on any atom is -0.342 e. The van der Waals surface area contributed by atoms with Gasteiger partial charge in [0.2, 0.25) is 0 Å². The summed E-state index contributed by atoms with van der Waals surface area (Å²) in [6.07, 6.45) is 0. The zero-order valence-corrected chi connectivity index (χ0v) is 10.7. The first-order valence-corrected chi connectivity index (χ1v) is 6.49. The van der Waals surface area contributed by atoms with E-state index in [1.165, 1.54) is 14.1 Å². The summed E-state index contributed by atoms with van der Waals surface area (Å²) in [4.78, 5) is 7.30. The Kier molecular flexibility index (Phi) is 2.80. The van der Waals surface area contributed by atoms with Gasteiger partial charge in [-0.25, -0.2) is 4.98 Å². The highest BCUT2D eigenvalue weighted by atomic mass is 32.2. The van der Waals surface area contributed by atoms with Crippen molar-refractivity contribution in [3.63, 3.8) is 0 Å². The molecule has 0 atom stereocenters. The molecule has 1 heterocycles. The predicted octanol–water partition coefficient (Wildman–Crippen LogP) is 1.09. The topological polar surface area (TPSA) is 78.1 Å². The number of rotatable bonds is 3. The van der Waals surface area contributed by atoms with E-state index < -0.39 is 10.2 Å². The number of anilines is 1. The van der Waals surface area contributed by atoms with Crippen LogP contribution in [0.1, 0.15) is 5.82 Å². The average Bonchev–Trinajstić information content (AvgIpc) is 2.56. The molecule has 0 bridgehead atoms. The summed E-state index contributed by atoms with van der Waals surface area (Å²) in [6, 6.07) is 5.17. The summed E-state index contributed by atoms with van der Waals surface area (Å²) in [6.45, 7) is 1.85. The van der Waals surface area contributed by atoms with E-state index in [0.29, 0.717) is 5.69 Å². The molecule has 0 saturated carbocycles. The van der Waals surface area contributed by atoms with Crippen molar-refractivity contribution < 1.29 is 8.42 Å². The second-order valence-electron chi connectivity index (χ2n) is 3.94.